The second kappa shape index (κ2) is 9.10. The Morgan fingerprint density at radius 3 is 2.00 bits per heavy atom. The Balaban J connectivity index is 3.34. The Labute approximate surface area is 150 Å². The molecule has 0 aliphatic heterocycles. The molecule has 0 spiro atoms. The SMILES string of the molecule is CC=C=C(c1ccccc1)C(C)(C)/C(=C/C)O[Si](CC)(CC)CC. The van der Waals surface area contributed by atoms with E-state index in [0.29, 0.717) is 0 Å². The Morgan fingerprint density at radius 2 is 1.58 bits per heavy atom. The summed E-state index contributed by atoms with van der Waals surface area (Å²) in [6.45, 7) is 15.5. The van der Waals surface area contributed by atoms with Crippen LogP contribution in [0.5, 0.6) is 0 Å². The van der Waals surface area contributed by atoms with E-state index in [0.717, 1.165) is 23.9 Å². The first kappa shape index (κ1) is 20.5. The fourth-order valence-corrected chi connectivity index (χ4v) is 6.02. The molecular weight excluding hydrogens is 308 g/mol. The quantitative estimate of drug-likeness (QED) is 0.276. The van der Waals surface area contributed by atoms with Gasteiger partial charge in [0.1, 0.15) is 0 Å². The average molecular weight is 343 g/mol. The van der Waals surface area contributed by atoms with Crippen LogP contribution in [-0.2, 0) is 4.43 Å². The van der Waals surface area contributed by atoms with Crippen molar-refractivity contribution in [1.29, 1.82) is 0 Å². The molecule has 1 rings (SSSR count). The molecule has 0 fully saturated rings. The highest BCUT2D eigenvalue weighted by atomic mass is 28.4. The van der Waals surface area contributed by atoms with Gasteiger partial charge in [0.25, 0.3) is 0 Å². The third-order valence-electron chi connectivity index (χ3n) is 5.11. The molecule has 24 heavy (non-hydrogen) atoms. The molecule has 0 unspecified atom stereocenters. The summed E-state index contributed by atoms with van der Waals surface area (Å²) in [5.41, 5.74) is 5.67. The lowest BCUT2D eigenvalue weighted by Crippen LogP contribution is -2.38. The molecule has 0 aromatic heterocycles. The molecule has 1 aromatic carbocycles. The minimum Gasteiger partial charge on any atom is -0.546 e. The largest absolute Gasteiger partial charge is 0.546 e. The van der Waals surface area contributed by atoms with Crippen LogP contribution in [0.3, 0.4) is 0 Å². The second-order valence-electron chi connectivity index (χ2n) is 6.80. The molecule has 0 aliphatic rings. The van der Waals surface area contributed by atoms with Gasteiger partial charge in [-0.1, -0.05) is 57.2 Å². The predicted molar refractivity (Wildman–Crippen MR) is 109 cm³/mol. The topological polar surface area (TPSA) is 9.23 Å². The van der Waals surface area contributed by atoms with Crippen LogP contribution >= 0.6 is 0 Å². The van der Waals surface area contributed by atoms with E-state index in [1.165, 1.54) is 11.1 Å². The Hall–Kier alpha value is -1.50. The van der Waals surface area contributed by atoms with Crippen LogP contribution in [0, 0.1) is 5.41 Å². The summed E-state index contributed by atoms with van der Waals surface area (Å²) >= 11 is 0. The van der Waals surface area contributed by atoms with Gasteiger partial charge in [0.15, 0.2) is 0 Å². The summed E-state index contributed by atoms with van der Waals surface area (Å²) in [7, 11) is -1.70. The maximum Gasteiger partial charge on any atom is 0.250 e. The number of hydrogen-bond donors (Lipinski definition) is 0. The second-order valence-corrected chi connectivity index (χ2v) is 11.5. The number of allylic oxidation sites excluding steroid dienone is 2. The molecule has 0 amide bonds. The maximum atomic E-state index is 6.77. The maximum absolute atomic E-state index is 6.77. The van der Waals surface area contributed by atoms with Crippen LogP contribution < -0.4 is 0 Å². The summed E-state index contributed by atoms with van der Waals surface area (Å²) in [5, 5.41) is 0. The van der Waals surface area contributed by atoms with E-state index in [-0.39, 0.29) is 5.41 Å². The lowest BCUT2D eigenvalue weighted by molar-refractivity contribution is 0.312. The highest BCUT2D eigenvalue weighted by molar-refractivity contribution is 6.73. The zero-order valence-electron chi connectivity index (χ0n) is 16.6. The first-order valence-electron chi connectivity index (χ1n) is 9.23. The van der Waals surface area contributed by atoms with Gasteiger partial charge in [0.05, 0.1) is 11.2 Å². The van der Waals surface area contributed by atoms with E-state index in [1.54, 1.807) is 0 Å². The van der Waals surface area contributed by atoms with Gasteiger partial charge in [-0.2, -0.15) is 0 Å². The zero-order chi connectivity index (χ0) is 18.2. The first-order chi connectivity index (χ1) is 11.4. The highest BCUT2D eigenvalue weighted by Crippen LogP contribution is 2.43. The first-order valence-corrected chi connectivity index (χ1v) is 11.8. The van der Waals surface area contributed by atoms with Crippen LogP contribution in [0.15, 0.2) is 54.0 Å². The normalized spacial score (nSPS) is 12.5. The molecule has 0 heterocycles. The molecule has 0 radical (unpaired) electrons. The summed E-state index contributed by atoms with van der Waals surface area (Å²) in [6.07, 6.45) is 4.16. The van der Waals surface area contributed by atoms with Crippen molar-refractivity contribution in [2.45, 2.75) is 66.6 Å². The Kier molecular flexibility index (Phi) is 7.79. The van der Waals surface area contributed by atoms with Gasteiger partial charge >= 0.3 is 0 Å². The van der Waals surface area contributed by atoms with Crippen molar-refractivity contribution in [2.75, 3.05) is 0 Å². The molecule has 0 atom stereocenters. The van der Waals surface area contributed by atoms with Crippen molar-refractivity contribution in [3.05, 3.63) is 59.5 Å². The van der Waals surface area contributed by atoms with E-state index in [2.05, 4.69) is 83.7 Å². The third kappa shape index (κ3) is 4.52. The van der Waals surface area contributed by atoms with Crippen LogP contribution in [0.4, 0.5) is 0 Å². The van der Waals surface area contributed by atoms with E-state index < -0.39 is 8.32 Å². The van der Waals surface area contributed by atoms with Gasteiger partial charge in [-0.3, -0.25) is 0 Å². The summed E-state index contributed by atoms with van der Waals surface area (Å²) in [4.78, 5) is 0. The average Bonchev–Trinajstić information content (AvgIpc) is 2.61. The molecule has 132 valence electrons. The number of rotatable bonds is 8. The predicted octanol–water partition coefficient (Wildman–Crippen LogP) is 7.20. The fraction of sp³-hybridized carbons (Fsp3) is 0.500. The minimum atomic E-state index is -1.70. The Morgan fingerprint density at radius 1 is 1.04 bits per heavy atom. The standard InChI is InChI=1S/C22H34OSi/c1-8-16-20(19-17-14-13-15-18-19)22(6,7)21(9-2)23-24(10-3,11-4)12-5/h8-9,13-15,17-18H,10-12H2,1-7H3/b21-9-. The van der Waals surface area contributed by atoms with E-state index in [9.17, 15) is 0 Å². The minimum absolute atomic E-state index is 0.208. The molecule has 0 N–H and O–H groups in total. The van der Waals surface area contributed by atoms with Crippen LogP contribution in [0.25, 0.3) is 5.57 Å². The molecule has 0 bridgehead atoms. The van der Waals surface area contributed by atoms with Crippen molar-refractivity contribution >= 4 is 13.9 Å². The summed E-state index contributed by atoms with van der Waals surface area (Å²) in [6, 6.07) is 14.0. The summed E-state index contributed by atoms with van der Waals surface area (Å²) < 4.78 is 6.77. The van der Waals surface area contributed by atoms with E-state index in [1.807, 2.05) is 13.0 Å². The van der Waals surface area contributed by atoms with Gasteiger partial charge in [0.2, 0.25) is 8.32 Å². The molecule has 2 heteroatoms. The van der Waals surface area contributed by atoms with Crippen LogP contribution in [0.2, 0.25) is 18.1 Å². The Bertz CT molecular complexity index is 592. The smallest absolute Gasteiger partial charge is 0.250 e. The summed E-state index contributed by atoms with van der Waals surface area (Å²) in [5.74, 6) is 1.09. The van der Waals surface area contributed by atoms with Gasteiger partial charge < -0.3 is 4.43 Å². The molecule has 0 saturated carbocycles. The van der Waals surface area contributed by atoms with Gasteiger partial charge in [-0.15, -0.1) is 5.73 Å². The molecule has 0 saturated heterocycles. The van der Waals surface area contributed by atoms with Crippen LogP contribution in [0.1, 0.15) is 54.0 Å². The molecule has 1 aromatic rings. The van der Waals surface area contributed by atoms with Gasteiger partial charge in [0, 0.05) is 5.57 Å². The van der Waals surface area contributed by atoms with Crippen molar-refractivity contribution < 1.29 is 4.43 Å². The highest BCUT2D eigenvalue weighted by Gasteiger charge is 2.37. The number of hydrogen-bond acceptors (Lipinski definition) is 1. The molecular formula is C22H34OSi. The third-order valence-corrected chi connectivity index (χ3v) is 9.63. The van der Waals surface area contributed by atoms with Gasteiger partial charge in [-0.25, -0.2) is 0 Å². The van der Waals surface area contributed by atoms with Gasteiger partial charge in [-0.05, 0) is 57.5 Å². The lowest BCUT2D eigenvalue weighted by Gasteiger charge is -2.38. The van der Waals surface area contributed by atoms with E-state index in [4.69, 9.17) is 4.43 Å². The monoisotopic (exact) mass is 342 g/mol. The number of benzene rings is 1. The van der Waals surface area contributed by atoms with Crippen molar-refractivity contribution in [2.24, 2.45) is 5.41 Å². The van der Waals surface area contributed by atoms with Crippen molar-refractivity contribution in [3.8, 4) is 0 Å². The zero-order valence-corrected chi connectivity index (χ0v) is 17.6. The molecule has 0 aliphatic carbocycles. The lowest BCUT2D eigenvalue weighted by atomic mass is 9.79. The van der Waals surface area contributed by atoms with Crippen molar-refractivity contribution in [3.63, 3.8) is 0 Å². The van der Waals surface area contributed by atoms with E-state index >= 15 is 0 Å². The molecule has 1 nitrogen and oxygen atoms in total. The van der Waals surface area contributed by atoms with Crippen LogP contribution in [-0.4, -0.2) is 8.32 Å². The van der Waals surface area contributed by atoms with Crippen molar-refractivity contribution in [1.82, 2.24) is 0 Å². The fourth-order valence-electron chi connectivity index (χ4n) is 3.24.